The molecule has 1 aliphatic rings. The summed E-state index contributed by atoms with van der Waals surface area (Å²) >= 11 is 0. The first-order valence-electron chi connectivity index (χ1n) is 7.85. The van der Waals surface area contributed by atoms with Gasteiger partial charge in [-0.25, -0.2) is 9.97 Å². The van der Waals surface area contributed by atoms with Gasteiger partial charge in [0, 0.05) is 44.9 Å². The van der Waals surface area contributed by atoms with Crippen molar-refractivity contribution in [1.29, 1.82) is 0 Å². The van der Waals surface area contributed by atoms with Crippen LogP contribution >= 0.6 is 0 Å². The van der Waals surface area contributed by atoms with Crippen molar-refractivity contribution in [3.63, 3.8) is 0 Å². The number of rotatable bonds is 3. The largest absolute Gasteiger partial charge is 0.422 e. The summed E-state index contributed by atoms with van der Waals surface area (Å²) in [7, 11) is 1.97. The summed E-state index contributed by atoms with van der Waals surface area (Å²) in [5.41, 5.74) is 1.04. The maximum Gasteiger partial charge on any atom is 0.252 e. The Bertz CT molecular complexity index is 734. The van der Waals surface area contributed by atoms with Gasteiger partial charge < -0.3 is 14.2 Å². The first kappa shape index (κ1) is 15.7. The van der Waals surface area contributed by atoms with Crippen LogP contribution in [0.3, 0.4) is 0 Å². The molecule has 0 N–H and O–H groups in total. The zero-order valence-corrected chi connectivity index (χ0v) is 14.3. The van der Waals surface area contributed by atoms with Crippen LogP contribution in [0.25, 0.3) is 11.2 Å². The molecule has 0 radical (unpaired) electrons. The Kier molecular flexibility index (Phi) is 3.74. The fourth-order valence-corrected chi connectivity index (χ4v) is 3.15. The number of nitrogens with zero attached hydrogens (tertiary/aromatic N) is 5. The monoisotopic (exact) mass is 317 g/mol. The van der Waals surface area contributed by atoms with E-state index in [1.807, 2.05) is 16.8 Å². The van der Waals surface area contributed by atoms with E-state index in [0.717, 1.165) is 18.9 Å². The SMILES string of the molecule is Cc1nc2c(N(C)CC3CC(=O)N(C(C)(C)C)C3)ncnc2o1. The molecule has 23 heavy (non-hydrogen) atoms. The number of carbonyl (C=O) groups excluding carboxylic acids is 1. The number of anilines is 1. The van der Waals surface area contributed by atoms with Crippen LogP contribution < -0.4 is 4.90 Å². The molecule has 1 saturated heterocycles. The number of fused-ring (bicyclic) bond motifs is 1. The zero-order valence-electron chi connectivity index (χ0n) is 14.3. The maximum absolute atomic E-state index is 12.2. The fourth-order valence-electron chi connectivity index (χ4n) is 3.15. The first-order chi connectivity index (χ1) is 10.8. The van der Waals surface area contributed by atoms with Gasteiger partial charge in [-0.2, -0.15) is 4.98 Å². The number of hydrogen-bond acceptors (Lipinski definition) is 6. The van der Waals surface area contributed by atoms with E-state index in [4.69, 9.17) is 4.42 Å². The normalized spacial score (nSPS) is 18.9. The van der Waals surface area contributed by atoms with Crippen LogP contribution in [0, 0.1) is 12.8 Å². The van der Waals surface area contributed by atoms with Gasteiger partial charge in [0.05, 0.1) is 0 Å². The van der Waals surface area contributed by atoms with Gasteiger partial charge in [0.1, 0.15) is 6.33 Å². The molecule has 0 bridgehead atoms. The molecule has 7 heteroatoms. The lowest BCUT2D eigenvalue weighted by Gasteiger charge is -2.32. The van der Waals surface area contributed by atoms with E-state index in [1.165, 1.54) is 6.33 Å². The van der Waals surface area contributed by atoms with Gasteiger partial charge in [-0.3, -0.25) is 4.79 Å². The van der Waals surface area contributed by atoms with Gasteiger partial charge in [-0.05, 0) is 20.8 Å². The molecule has 124 valence electrons. The number of hydrogen-bond donors (Lipinski definition) is 0. The Morgan fingerprint density at radius 3 is 2.78 bits per heavy atom. The van der Waals surface area contributed by atoms with Crippen molar-refractivity contribution in [1.82, 2.24) is 19.9 Å². The molecule has 1 amide bonds. The highest BCUT2D eigenvalue weighted by Crippen LogP contribution is 2.28. The predicted octanol–water partition coefficient (Wildman–Crippen LogP) is 2.01. The van der Waals surface area contributed by atoms with E-state index < -0.39 is 0 Å². The van der Waals surface area contributed by atoms with Crippen molar-refractivity contribution >= 4 is 23.0 Å². The summed E-state index contributed by atoms with van der Waals surface area (Å²) in [6.45, 7) is 9.53. The lowest BCUT2D eigenvalue weighted by Crippen LogP contribution is -2.42. The van der Waals surface area contributed by atoms with Gasteiger partial charge in [0.15, 0.2) is 17.2 Å². The summed E-state index contributed by atoms with van der Waals surface area (Å²) in [6, 6.07) is 0. The molecule has 0 spiro atoms. The van der Waals surface area contributed by atoms with Gasteiger partial charge in [0.2, 0.25) is 5.91 Å². The molecule has 0 aliphatic carbocycles. The minimum absolute atomic E-state index is 0.129. The molecule has 2 aromatic rings. The molecule has 3 rings (SSSR count). The van der Waals surface area contributed by atoms with Crippen LogP contribution in [-0.4, -0.2) is 51.4 Å². The molecule has 3 heterocycles. The van der Waals surface area contributed by atoms with Crippen LogP contribution in [0.1, 0.15) is 33.1 Å². The molecular weight excluding hydrogens is 294 g/mol. The molecule has 0 saturated carbocycles. The number of carbonyl (C=O) groups is 1. The van der Waals surface area contributed by atoms with E-state index >= 15 is 0 Å². The van der Waals surface area contributed by atoms with Crippen molar-refractivity contribution in [2.45, 2.75) is 39.7 Å². The first-order valence-corrected chi connectivity index (χ1v) is 7.85. The molecular formula is C16H23N5O2. The average molecular weight is 317 g/mol. The van der Waals surface area contributed by atoms with Crippen LogP contribution in [0.15, 0.2) is 10.7 Å². The van der Waals surface area contributed by atoms with Gasteiger partial charge in [-0.15, -0.1) is 0 Å². The quantitative estimate of drug-likeness (QED) is 0.862. The topological polar surface area (TPSA) is 75.4 Å². The lowest BCUT2D eigenvalue weighted by atomic mass is 10.1. The maximum atomic E-state index is 12.2. The fraction of sp³-hybridized carbons (Fsp3) is 0.625. The van der Waals surface area contributed by atoms with E-state index in [0.29, 0.717) is 23.5 Å². The van der Waals surface area contributed by atoms with Gasteiger partial charge in [-0.1, -0.05) is 0 Å². The van der Waals surface area contributed by atoms with Crippen molar-refractivity contribution in [3.8, 4) is 0 Å². The molecule has 1 atom stereocenters. The van der Waals surface area contributed by atoms with E-state index in [2.05, 4.69) is 35.7 Å². The third-order valence-corrected chi connectivity index (χ3v) is 4.19. The molecule has 1 fully saturated rings. The Hall–Kier alpha value is -2.18. The van der Waals surface area contributed by atoms with E-state index in [1.54, 1.807) is 6.92 Å². The number of oxazole rings is 1. The zero-order chi connectivity index (χ0) is 16.8. The highest BCUT2D eigenvalue weighted by Gasteiger charge is 2.36. The Morgan fingerprint density at radius 2 is 2.13 bits per heavy atom. The van der Waals surface area contributed by atoms with Gasteiger partial charge >= 0.3 is 0 Å². The average Bonchev–Trinajstić information content (AvgIpc) is 2.99. The van der Waals surface area contributed by atoms with E-state index in [-0.39, 0.29) is 17.4 Å². The van der Waals surface area contributed by atoms with Crippen LogP contribution in [0.4, 0.5) is 5.82 Å². The number of likely N-dealkylation sites (tertiary alicyclic amines) is 1. The summed E-state index contributed by atoms with van der Waals surface area (Å²) in [5.74, 6) is 1.82. The number of aromatic nitrogens is 3. The molecule has 1 aliphatic heterocycles. The van der Waals surface area contributed by atoms with Crippen molar-refractivity contribution in [3.05, 3.63) is 12.2 Å². The van der Waals surface area contributed by atoms with E-state index in [9.17, 15) is 4.79 Å². The standard InChI is InChI=1S/C16H23N5O2/c1-10-19-13-14(17-9-18-15(13)23-10)20(5)7-11-6-12(22)21(8-11)16(2,3)4/h9,11H,6-8H2,1-5H3. The molecule has 7 nitrogen and oxygen atoms in total. The smallest absolute Gasteiger partial charge is 0.252 e. The molecule has 1 unspecified atom stereocenters. The Labute approximate surface area is 135 Å². The minimum atomic E-state index is -0.129. The molecule has 2 aromatic heterocycles. The summed E-state index contributed by atoms with van der Waals surface area (Å²) in [4.78, 5) is 29.0. The van der Waals surface area contributed by atoms with Crippen LogP contribution in [-0.2, 0) is 4.79 Å². The lowest BCUT2D eigenvalue weighted by molar-refractivity contribution is -0.131. The van der Waals surface area contributed by atoms with Crippen molar-refractivity contribution < 1.29 is 9.21 Å². The highest BCUT2D eigenvalue weighted by atomic mass is 16.4. The summed E-state index contributed by atoms with van der Waals surface area (Å²) in [6.07, 6.45) is 2.06. The third kappa shape index (κ3) is 3.00. The van der Waals surface area contributed by atoms with Crippen molar-refractivity contribution in [2.24, 2.45) is 5.92 Å². The predicted molar refractivity (Wildman–Crippen MR) is 87.2 cm³/mol. The van der Waals surface area contributed by atoms with Gasteiger partial charge in [0.25, 0.3) is 5.71 Å². The van der Waals surface area contributed by atoms with Crippen LogP contribution in [0.5, 0.6) is 0 Å². The van der Waals surface area contributed by atoms with Crippen LogP contribution in [0.2, 0.25) is 0 Å². The second kappa shape index (κ2) is 5.47. The third-order valence-electron chi connectivity index (χ3n) is 4.19. The number of amides is 1. The number of aryl methyl sites for hydroxylation is 1. The highest BCUT2D eigenvalue weighted by molar-refractivity contribution is 5.82. The Balaban J connectivity index is 1.77. The minimum Gasteiger partial charge on any atom is -0.422 e. The van der Waals surface area contributed by atoms with Crippen molar-refractivity contribution in [2.75, 3.05) is 25.0 Å². The second-order valence-corrected chi connectivity index (χ2v) is 7.21. The Morgan fingerprint density at radius 1 is 1.39 bits per heavy atom. The molecule has 0 aromatic carbocycles. The second-order valence-electron chi connectivity index (χ2n) is 7.21. The summed E-state index contributed by atoms with van der Waals surface area (Å²) in [5, 5.41) is 0. The summed E-state index contributed by atoms with van der Waals surface area (Å²) < 4.78 is 5.46.